The predicted octanol–water partition coefficient (Wildman–Crippen LogP) is 3.18. The molecule has 1 amide bonds. The van der Waals surface area contributed by atoms with Gasteiger partial charge in [-0.25, -0.2) is 0 Å². The van der Waals surface area contributed by atoms with E-state index >= 15 is 0 Å². The molecule has 2 N–H and O–H groups in total. The van der Waals surface area contributed by atoms with Gasteiger partial charge in [0.25, 0.3) is 0 Å². The van der Waals surface area contributed by atoms with Gasteiger partial charge in [0.05, 0.1) is 12.1 Å². The quantitative estimate of drug-likeness (QED) is 0.723. The van der Waals surface area contributed by atoms with Crippen LogP contribution in [0.3, 0.4) is 0 Å². The summed E-state index contributed by atoms with van der Waals surface area (Å²) in [6.45, 7) is 5.49. The lowest BCUT2D eigenvalue weighted by atomic mass is 10.1. The van der Waals surface area contributed by atoms with Crippen molar-refractivity contribution in [1.82, 2.24) is 15.1 Å². The zero-order valence-electron chi connectivity index (χ0n) is 17.0. The number of hydrogen-bond donors (Lipinski definition) is 2. The van der Waals surface area contributed by atoms with Gasteiger partial charge in [0, 0.05) is 45.0 Å². The fraction of sp³-hybridized carbons (Fsp3) is 0.409. The highest BCUT2D eigenvalue weighted by Gasteiger charge is 2.30. The first-order chi connectivity index (χ1) is 14.3. The van der Waals surface area contributed by atoms with Gasteiger partial charge in [-0.15, -0.1) is 0 Å². The second kappa shape index (κ2) is 9.95. The Balaban J connectivity index is 1.41. The number of nitrogens with one attached hydrogen (secondary N) is 2. The van der Waals surface area contributed by atoms with Crippen LogP contribution in [-0.2, 0) is 24.1 Å². The third-order valence-electron chi connectivity index (χ3n) is 5.16. The molecule has 0 bridgehead atoms. The van der Waals surface area contributed by atoms with E-state index in [4.69, 9.17) is 0 Å². The molecular weight excluding hydrogens is 393 g/mol. The molecule has 1 heterocycles. The summed E-state index contributed by atoms with van der Waals surface area (Å²) >= 11 is 0. The van der Waals surface area contributed by atoms with E-state index in [0.29, 0.717) is 6.54 Å². The van der Waals surface area contributed by atoms with Crippen molar-refractivity contribution >= 4 is 11.6 Å². The number of piperazine rings is 1. The Kier molecular flexibility index (Phi) is 7.33. The van der Waals surface area contributed by atoms with Gasteiger partial charge >= 0.3 is 6.18 Å². The molecule has 0 radical (unpaired) electrons. The van der Waals surface area contributed by atoms with Gasteiger partial charge in [0.15, 0.2) is 0 Å². The summed E-state index contributed by atoms with van der Waals surface area (Å²) in [6, 6.07) is 12.9. The van der Waals surface area contributed by atoms with E-state index in [9.17, 15) is 18.0 Å². The molecule has 3 rings (SSSR count). The van der Waals surface area contributed by atoms with Crippen LogP contribution < -0.4 is 10.6 Å². The number of benzene rings is 2. The topological polar surface area (TPSA) is 47.6 Å². The van der Waals surface area contributed by atoms with Crippen LogP contribution in [-0.4, -0.2) is 55.5 Å². The Morgan fingerprint density at radius 2 is 1.67 bits per heavy atom. The summed E-state index contributed by atoms with van der Waals surface area (Å²) in [4.78, 5) is 16.8. The number of halogens is 3. The van der Waals surface area contributed by atoms with Crippen molar-refractivity contribution in [1.29, 1.82) is 0 Å². The maximum Gasteiger partial charge on any atom is 0.416 e. The SMILES string of the molecule is CN1CCN(Cc2ccc(CNC(=O)CNc3cccc(C(F)(F)F)c3)cc2)CC1. The molecule has 30 heavy (non-hydrogen) atoms. The largest absolute Gasteiger partial charge is 0.416 e. The highest BCUT2D eigenvalue weighted by molar-refractivity contribution is 5.80. The second-order valence-electron chi connectivity index (χ2n) is 7.60. The number of hydrogen-bond acceptors (Lipinski definition) is 4. The van der Waals surface area contributed by atoms with Crippen LogP contribution in [0.1, 0.15) is 16.7 Å². The van der Waals surface area contributed by atoms with Gasteiger partial charge in [0.2, 0.25) is 5.91 Å². The average molecular weight is 420 g/mol. The third kappa shape index (κ3) is 6.74. The molecule has 0 aliphatic carbocycles. The van der Waals surface area contributed by atoms with Crippen molar-refractivity contribution in [2.45, 2.75) is 19.3 Å². The zero-order valence-corrected chi connectivity index (χ0v) is 17.0. The number of anilines is 1. The minimum absolute atomic E-state index is 0.0944. The van der Waals surface area contributed by atoms with Gasteiger partial charge in [-0.1, -0.05) is 30.3 Å². The van der Waals surface area contributed by atoms with Crippen molar-refractivity contribution in [3.8, 4) is 0 Å². The molecule has 2 aromatic rings. The Bertz CT molecular complexity index is 831. The van der Waals surface area contributed by atoms with Crippen LogP contribution in [0.2, 0.25) is 0 Å². The minimum Gasteiger partial charge on any atom is -0.376 e. The van der Waals surface area contributed by atoms with E-state index < -0.39 is 11.7 Å². The Labute approximate surface area is 174 Å². The number of amides is 1. The fourth-order valence-corrected chi connectivity index (χ4v) is 3.28. The van der Waals surface area contributed by atoms with Crippen molar-refractivity contribution < 1.29 is 18.0 Å². The van der Waals surface area contributed by atoms with Crippen LogP contribution in [0.5, 0.6) is 0 Å². The van der Waals surface area contributed by atoms with E-state index in [0.717, 1.165) is 50.4 Å². The molecule has 1 saturated heterocycles. The van der Waals surface area contributed by atoms with Crippen molar-refractivity contribution in [2.75, 3.05) is 45.1 Å². The molecule has 2 aromatic carbocycles. The smallest absolute Gasteiger partial charge is 0.376 e. The van der Waals surface area contributed by atoms with E-state index in [2.05, 4.69) is 39.6 Å². The molecule has 8 heteroatoms. The summed E-state index contributed by atoms with van der Waals surface area (Å²) in [5, 5.41) is 5.51. The number of carbonyl (C=O) groups excluding carboxylic acids is 1. The first-order valence-electron chi connectivity index (χ1n) is 9.96. The van der Waals surface area contributed by atoms with Crippen LogP contribution >= 0.6 is 0 Å². The van der Waals surface area contributed by atoms with Crippen LogP contribution in [0.25, 0.3) is 0 Å². The van der Waals surface area contributed by atoms with Gasteiger partial charge in [-0.2, -0.15) is 13.2 Å². The number of carbonyl (C=O) groups is 1. The lowest BCUT2D eigenvalue weighted by molar-refractivity contribution is -0.137. The Morgan fingerprint density at radius 3 is 2.33 bits per heavy atom. The predicted molar refractivity (Wildman–Crippen MR) is 111 cm³/mol. The van der Waals surface area contributed by atoms with Crippen LogP contribution in [0.4, 0.5) is 18.9 Å². The molecule has 1 fully saturated rings. The van der Waals surface area contributed by atoms with E-state index in [1.165, 1.54) is 17.7 Å². The molecule has 0 aromatic heterocycles. The summed E-state index contributed by atoms with van der Waals surface area (Å²) in [6.07, 6.45) is -4.41. The molecule has 0 unspecified atom stereocenters. The summed E-state index contributed by atoms with van der Waals surface area (Å²) in [5.74, 6) is -0.283. The van der Waals surface area contributed by atoms with Crippen molar-refractivity contribution in [2.24, 2.45) is 0 Å². The Hall–Kier alpha value is -2.58. The summed E-state index contributed by atoms with van der Waals surface area (Å²) < 4.78 is 38.2. The van der Waals surface area contributed by atoms with Crippen molar-refractivity contribution in [3.63, 3.8) is 0 Å². The first-order valence-corrected chi connectivity index (χ1v) is 9.96. The standard InChI is InChI=1S/C22H27F3N4O/c1-28-9-11-29(12-10-28)16-18-7-5-17(6-8-18)14-27-21(30)15-26-20-4-2-3-19(13-20)22(23,24)25/h2-8,13,26H,9-12,14-16H2,1H3,(H,27,30). The number of nitrogens with zero attached hydrogens (tertiary/aromatic N) is 2. The normalized spacial score (nSPS) is 15.7. The number of alkyl halides is 3. The lowest BCUT2D eigenvalue weighted by Gasteiger charge is -2.32. The average Bonchev–Trinajstić information content (AvgIpc) is 2.73. The first kappa shape index (κ1) is 22.1. The molecule has 5 nitrogen and oxygen atoms in total. The lowest BCUT2D eigenvalue weighted by Crippen LogP contribution is -2.43. The van der Waals surface area contributed by atoms with Gasteiger partial charge in [-0.05, 0) is 36.4 Å². The molecule has 162 valence electrons. The second-order valence-corrected chi connectivity index (χ2v) is 7.60. The van der Waals surface area contributed by atoms with E-state index in [1.807, 2.05) is 12.1 Å². The monoisotopic (exact) mass is 420 g/mol. The van der Waals surface area contributed by atoms with Crippen molar-refractivity contribution in [3.05, 3.63) is 65.2 Å². The highest BCUT2D eigenvalue weighted by atomic mass is 19.4. The molecule has 0 atom stereocenters. The fourth-order valence-electron chi connectivity index (χ4n) is 3.28. The molecule has 0 saturated carbocycles. The minimum atomic E-state index is -4.41. The molecule has 1 aliphatic rings. The Morgan fingerprint density at radius 1 is 1.00 bits per heavy atom. The molecule has 0 spiro atoms. The third-order valence-corrected chi connectivity index (χ3v) is 5.16. The maximum atomic E-state index is 12.7. The summed E-state index contributed by atoms with van der Waals surface area (Å²) in [7, 11) is 2.13. The highest BCUT2D eigenvalue weighted by Crippen LogP contribution is 2.30. The van der Waals surface area contributed by atoms with Crippen LogP contribution in [0.15, 0.2) is 48.5 Å². The van der Waals surface area contributed by atoms with Gasteiger partial charge in [-0.3, -0.25) is 9.69 Å². The molecule has 1 aliphatic heterocycles. The summed E-state index contributed by atoms with van der Waals surface area (Å²) in [5.41, 5.74) is 1.73. The number of rotatable bonds is 7. The van der Waals surface area contributed by atoms with Gasteiger partial charge < -0.3 is 15.5 Å². The van der Waals surface area contributed by atoms with E-state index in [1.54, 1.807) is 0 Å². The molecular formula is C22H27F3N4O. The number of likely N-dealkylation sites (N-methyl/N-ethyl adjacent to an activating group) is 1. The van der Waals surface area contributed by atoms with E-state index in [-0.39, 0.29) is 18.1 Å². The van der Waals surface area contributed by atoms with Crippen LogP contribution in [0, 0.1) is 0 Å². The maximum absolute atomic E-state index is 12.7. The van der Waals surface area contributed by atoms with Gasteiger partial charge in [0.1, 0.15) is 0 Å². The zero-order chi connectivity index (χ0) is 21.6.